The highest BCUT2D eigenvalue weighted by atomic mass is 32.2. The molecule has 186 valence electrons. The van der Waals surface area contributed by atoms with Crippen LogP contribution in [0.4, 0.5) is 10.2 Å². The van der Waals surface area contributed by atoms with Gasteiger partial charge in [0.2, 0.25) is 0 Å². The molecule has 16 heteroatoms. The number of phenolic OH excluding ortho intramolecular Hbond substituents is 1. The third-order valence-corrected chi connectivity index (χ3v) is 6.08. The van der Waals surface area contributed by atoms with Gasteiger partial charge in [-0.05, 0) is 12.1 Å². The molecular weight excluding hydrogens is 489 g/mol. The molecule has 1 saturated heterocycles. The summed E-state index contributed by atoms with van der Waals surface area (Å²) < 4.78 is 55.9. The zero-order chi connectivity index (χ0) is 25.3. The molecule has 3 heterocycles. The second-order valence-electron chi connectivity index (χ2n) is 7.47. The maximum absolute atomic E-state index is 15.4. The third kappa shape index (κ3) is 4.98. The highest BCUT2D eigenvalue weighted by molar-refractivity contribution is 7.88. The second kappa shape index (κ2) is 9.40. The van der Waals surface area contributed by atoms with Gasteiger partial charge in [-0.25, -0.2) is 24.1 Å². The number of benzene rings is 1. The summed E-state index contributed by atoms with van der Waals surface area (Å²) in [5.41, 5.74) is 5.83. The van der Waals surface area contributed by atoms with Crippen LogP contribution >= 0.6 is 0 Å². The van der Waals surface area contributed by atoms with E-state index >= 15 is 4.39 Å². The minimum Gasteiger partial charge on any atom is -0.507 e. The maximum Gasteiger partial charge on any atom is 0.303 e. The lowest BCUT2D eigenvalue weighted by molar-refractivity contribution is -0.150. The van der Waals surface area contributed by atoms with E-state index in [1.807, 2.05) is 0 Å². The summed E-state index contributed by atoms with van der Waals surface area (Å²) in [4.78, 5) is 35.6. The summed E-state index contributed by atoms with van der Waals surface area (Å²) in [7, 11) is -4.47. The molecule has 1 aromatic carbocycles. The summed E-state index contributed by atoms with van der Waals surface area (Å²) in [5, 5.41) is 9.73. The van der Waals surface area contributed by atoms with Gasteiger partial charge in [0.05, 0.1) is 11.9 Å². The predicted molar refractivity (Wildman–Crippen MR) is 117 cm³/mol. The molecule has 0 saturated carbocycles. The van der Waals surface area contributed by atoms with Gasteiger partial charge in [0.15, 0.2) is 30.0 Å². The second-order valence-corrected chi connectivity index (χ2v) is 8.97. The molecule has 4 rings (SSSR count). The summed E-state index contributed by atoms with van der Waals surface area (Å²) >= 11 is 0. The molecule has 3 aromatic rings. The number of imidazole rings is 1. The number of hydrogen-bond acceptors (Lipinski definition) is 11. The fourth-order valence-corrected chi connectivity index (χ4v) is 4.35. The Bertz CT molecular complexity index is 1380. The molecule has 0 unspecified atom stereocenters. The van der Waals surface area contributed by atoms with Crippen LogP contribution in [0, 0.1) is 0 Å². The Kier molecular flexibility index (Phi) is 6.51. The number of rotatable bonds is 7. The van der Waals surface area contributed by atoms with Crippen LogP contribution in [0.1, 0.15) is 23.5 Å². The first kappa shape index (κ1) is 24.2. The van der Waals surface area contributed by atoms with Gasteiger partial charge in [0.1, 0.15) is 23.7 Å². The zero-order valence-electron chi connectivity index (χ0n) is 18.0. The van der Waals surface area contributed by atoms with Crippen LogP contribution in [0.25, 0.3) is 11.2 Å². The number of para-hydroxylation sites is 1. The van der Waals surface area contributed by atoms with E-state index in [0.29, 0.717) is 0 Å². The van der Waals surface area contributed by atoms with Crippen molar-refractivity contribution in [2.24, 2.45) is 0 Å². The number of halogens is 1. The number of amides is 1. The number of hydrogen-bond donors (Lipinski definition) is 4. The quantitative estimate of drug-likeness (QED) is 0.300. The zero-order valence-corrected chi connectivity index (χ0v) is 18.8. The van der Waals surface area contributed by atoms with Gasteiger partial charge in [0.25, 0.3) is 5.91 Å². The molecular formula is C19H20FN7O7S. The van der Waals surface area contributed by atoms with Crippen LogP contribution in [0.15, 0.2) is 36.9 Å². The van der Waals surface area contributed by atoms with E-state index in [9.17, 15) is 23.1 Å². The van der Waals surface area contributed by atoms with Crippen molar-refractivity contribution in [3.05, 3.63) is 42.5 Å². The number of ether oxygens (including phenoxy) is 2. The first-order valence-electron chi connectivity index (χ1n) is 10.1. The molecule has 0 spiro atoms. The fraction of sp³-hybridized carbons (Fsp3) is 0.316. The maximum atomic E-state index is 15.4. The minimum atomic E-state index is -4.47. The third-order valence-electron chi connectivity index (χ3n) is 5.08. The van der Waals surface area contributed by atoms with Gasteiger partial charge in [-0.15, -0.1) is 0 Å². The number of nitrogens with one attached hydrogen (secondary N) is 2. The molecule has 1 amide bonds. The molecule has 14 nitrogen and oxygen atoms in total. The van der Waals surface area contributed by atoms with Crippen LogP contribution < -0.4 is 15.2 Å². The number of aromatic nitrogens is 4. The molecule has 2 aromatic heterocycles. The van der Waals surface area contributed by atoms with E-state index in [1.54, 1.807) is 4.72 Å². The van der Waals surface area contributed by atoms with Crippen molar-refractivity contribution in [1.82, 2.24) is 29.0 Å². The van der Waals surface area contributed by atoms with E-state index < -0.39 is 59.0 Å². The highest BCUT2D eigenvalue weighted by Gasteiger charge is 2.49. The number of anilines is 1. The van der Waals surface area contributed by atoms with Gasteiger partial charge in [-0.3, -0.25) is 14.2 Å². The SMILES string of the molecule is CC(=O)O[C@H]1[C@@H](F)[C@H](n2cnc3c(N)ncnc32)O[C@@H]1CNS(=O)(=O)NC(=O)c1ccccc1O. The van der Waals surface area contributed by atoms with Crippen LogP contribution in [-0.4, -0.2) is 69.8 Å². The Morgan fingerprint density at radius 2 is 2.03 bits per heavy atom. The van der Waals surface area contributed by atoms with Gasteiger partial charge in [-0.2, -0.15) is 13.1 Å². The molecule has 1 aliphatic heterocycles. The number of nitrogens with zero attached hydrogens (tertiary/aromatic N) is 4. The standard InChI is InChI=1S/C19H20FN7O7S/c1-9(28)33-15-12(6-25-35(31,32)26-18(30)10-4-2-3-5-11(10)29)34-19(13(15)20)27-8-24-14-16(21)22-7-23-17(14)27/h2-5,7-8,12-13,15,19,25,29H,6H2,1H3,(H,26,30)(H2,21,22,23)/t12-,13-,15-,19-/m1/s1. The molecule has 35 heavy (non-hydrogen) atoms. The molecule has 0 bridgehead atoms. The number of esters is 1. The highest BCUT2D eigenvalue weighted by Crippen LogP contribution is 2.35. The lowest BCUT2D eigenvalue weighted by atomic mass is 10.1. The van der Waals surface area contributed by atoms with Gasteiger partial charge < -0.3 is 20.3 Å². The average Bonchev–Trinajstić information content (AvgIpc) is 3.34. The number of carbonyl (C=O) groups is 2. The Balaban J connectivity index is 1.51. The summed E-state index contributed by atoms with van der Waals surface area (Å²) in [6.07, 6.45) is -3.72. The number of alkyl halides is 1. The Morgan fingerprint density at radius 1 is 1.29 bits per heavy atom. The van der Waals surface area contributed by atoms with Crippen LogP contribution in [-0.2, 0) is 24.5 Å². The Hall–Kier alpha value is -3.89. The van der Waals surface area contributed by atoms with E-state index in [2.05, 4.69) is 19.7 Å². The van der Waals surface area contributed by atoms with Crippen molar-refractivity contribution in [2.45, 2.75) is 31.5 Å². The summed E-state index contributed by atoms with van der Waals surface area (Å²) in [6, 6.07) is 5.33. The van der Waals surface area contributed by atoms with Crippen molar-refractivity contribution in [3.63, 3.8) is 0 Å². The molecule has 0 radical (unpaired) electrons. The lowest BCUT2D eigenvalue weighted by Gasteiger charge is -2.19. The number of fused-ring (bicyclic) bond motifs is 1. The first-order valence-corrected chi connectivity index (χ1v) is 11.5. The molecule has 4 atom stereocenters. The largest absolute Gasteiger partial charge is 0.507 e. The summed E-state index contributed by atoms with van der Waals surface area (Å²) in [6.45, 7) is 0.496. The summed E-state index contributed by atoms with van der Waals surface area (Å²) in [5.74, 6) is -2.27. The van der Waals surface area contributed by atoms with Crippen molar-refractivity contribution in [2.75, 3.05) is 12.3 Å². The fourth-order valence-electron chi connectivity index (χ4n) is 3.54. The first-order chi connectivity index (χ1) is 16.6. The minimum absolute atomic E-state index is 0.0585. The van der Waals surface area contributed by atoms with E-state index in [1.165, 1.54) is 35.2 Å². The topological polar surface area (TPSA) is 201 Å². The van der Waals surface area contributed by atoms with E-state index in [0.717, 1.165) is 13.3 Å². The van der Waals surface area contributed by atoms with Crippen molar-refractivity contribution < 1.29 is 37.0 Å². The van der Waals surface area contributed by atoms with Gasteiger partial charge >= 0.3 is 16.2 Å². The monoisotopic (exact) mass is 509 g/mol. The molecule has 5 N–H and O–H groups in total. The van der Waals surface area contributed by atoms with Crippen LogP contribution in [0.3, 0.4) is 0 Å². The molecule has 1 fully saturated rings. The van der Waals surface area contributed by atoms with Crippen molar-refractivity contribution in [3.8, 4) is 5.75 Å². The Morgan fingerprint density at radius 3 is 2.74 bits per heavy atom. The normalized spacial score (nSPS) is 22.2. The lowest BCUT2D eigenvalue weighted by Crippen LogP contribution is -2.46. The van der Waals surface area contributed by atoms with Crippen molar-refractivity contribution in [1.29, 1.82) is 0 Å². The van der Waals surface area contributed by atoms with Crippen LogP contribution in [0.5, 0.6) is 5.75 Å². The number of phenols is 1. The predicted octanol–water partition coefficient (Wildman–Crippen LogP) is -0.454. The Labute approximate surface area is 197 Å². The molecule has 1 aliphatic rings. The number of carbonyl (C=O) groups excluding carboxylic acids is 2. The van der Waals surface area contributed by atoms with Gasteiger partial charge in [0, 0.05) is 13.5 Å². The number of nitrogens with two attached hydrogens (primary N) is 1. The number of nitrogen functional groups attached to an aromatic ring is 1. The van der Waals surface area contributed by atoms with Crippen molar-refractivity contribution >= 4 is 39.1 Å². The number of aromatic hydroxyl groups is 1. The van der Waals surface area contributed by atoms with Crippen LogP contribution in [0.2, 0.25) is 0 Å². The van der Waals surface area contributed by atoms with E-state index in [4.69, 9.17) is 15.2 Å². The van der Waals surface area contributed by atoms with Gasteiger partial charge in [-0.1, -0.05) is 12.1 Å². The van der Waals surface area contributed by atoms with E-state index in [-0.39, 0.29) is 22.5 Å². The average molecular weight is 509 g/mol. The smallest absolute Gasteiger partial charge is 0.303 e. The molecule has 0 aliphatic carbocycles.